The Balaban J connectivity index is 1.70. The van der Waals surface area contributed by atoms with Gasteiger partial charge in [-0.25, -0.2) is 0 Å². The summed E-state index contributed by atoms with van der Waals surface area (Å²) in [4.78, 5) is 0. The van der Waals surface area contributed by atoms with Crippen molar-refractivity contribution in [2.75, 3.05) is 12.8 Å². The number of thioether (sulfide) groups is 1. The molecule has 0 amide bonds. The van der Waals surface area contributed by atoms with E-state index in [1.54, 1.807) is 0 Å². The first kappa shape index (κ1) is 11.7. The van der Waals surface area contributed by atoms with Crippen molar-refractivity contribution in [3.63, 3.8) is 0 Å². The van der Waals surface area contributed by atoms with E-state index in [9.17, 15) is 5.11 Å². The van der Waals surface area contributed by atoms with Gasteiger partial charge in [0.15, 0.2) is 0 Å². The smallest absolute Gasteiger partial charge is 0.0771 e. The predicted octanol–water partition coefficient (Wildman–Crippen LogP) is 2.17. The highest BCUT2D eigenvalue weighted by atomic mass is 32.2. The maximum atomic E-state index is 10.2. The van der Waals surface area contributed by atoms with Crippen LogP contribution >= 0.6 is 11.8 Å². The van der Waals surface area contributed by atoms with Gasteiger partial charge >= 0.3 is 0 Å². The standard InChI is InChI=1S/C12H23NOS/c1-15-11-5-4-10(8-11)13-9-12(14)6-2-3-7-12/h10-11,13-14H,2-9H2,1H3. The Morgan fingerprint density at radius 3 is 2.67 bits per heavy atom. The summed E-state index contributed by atoms with van der Waals surface area (Å²) < 4.78 is 0. The van der Waals surface area contributed by atoms with Crippen LogP contribution in [0.15, 0.2) is 0 Å². The Morgan fingerprint density at radius 1 is 1.33 bits per heavy atom. The number of hydrogen-bond donors (Lipinski definition) is 2. The van der Waals surface area contributed by atoms with Gasteiger partial charge in [0.2, 0.25) is 0 Å². The Morgan fingerprint density at radius 2 is 2.07 bits per heavy atom. The lowest BCUT2D eigenvalue weighted by atomic mass is 10.0. The third kappa shape index (κ3) is 3.11. The molecular weight excluding hydrogens is 206 g/mol. The molecule has 2 N–H and O–H groups in total. The van der Waals surface area contributed by atoms with E-state index >= 15 is 0 Å². The second-order valence-electron chi connectivity index (χ2n) is 5.18. The van der Waals surface area contributed by atoms with Crippen LogP contribution in [-0.4, -0.2) is 34.8 Å². The van der Waals surface area contributed by atoms with Gasteiger partial charge in [0.25, 0.3) is 0 Å². The lowest BCUT2D eigenvalue weighted by Gasteiger charge is -2.25. The topological polar surface area (TPSA) is 32.3 Å². The Bertz CT molecular complexity index is 204. The molecule has 2 saturated carbocycles. The van der Waals surface area contributed by atoms with Gasteiger partial charge in [-0.15, -0.1) is 0 Å². The van der Waals surface area contributed by atoms with Crippen molar-refractivity contribution in [2.45, 2.75) is 61.8 Å². The highest BCUT2D eigenvalue weighted by Gasteiger charge is 2.32. The third-order valence-corrected chi connectivity index (χ3v) is 5.07. The van der Waals surface area contributed by atoms with Crippen molar-refractivity contribution in [1.29, 1.82) is 0 Å². The molecule has 0 aliphatic heterocycles. The van der Waals surface area contributed by atoms with E-state index in [0.717, 1.165) is 24.6 Å². The quantitative estimate of drug-likeness (QED) is 0.775. The number of rotatable bonds is 4. The van der Waals surface area contributed by atoms with Gasteiger partial charge in [-0.3, -0.25) is 0 Å². The largest absolute Gasteiger partial charge is 0.389 e. The lowest BCUT2D eigenvalue weighted by Crippen LogP contribution is -2.42. The minimum absolute atomic E-state index is 0.378. The minimum Gasteiger partial charge on any atom is -0.389 e. The van der Waals surface area contributed by atoms with Crippen molar-refractivity contribution in [1.82, 2.24) is 5.32 Å². The predicted molar refractivity (Wildman–Crippen MR) is 66.4 cm³/mol. The fourth-order valence-corrected chi connectivity index (χ4v) is 3.68. The van der Waals surface area contributed by atoms with Crippen molar-refractivity contribution in [3.8, 4) is 0 Å². The molecule has 2 aliphatic rings. The molecular formula is C12H23NOS. The molecule has 2 unspecified atom stereocenters. The van der Waals surface area contributed by atoms with E-state index in [2.05, 4.69) is 11.6 Å². The zero-order valence-corrected chi connectivity index (χ0v) is 10.5. The first-order valence-corrected chi connectivity index (χ1v) is 7.49. The first-order chi connectivity index (χ1) is 7.22. The van der Waals surface area contributed by atoms with E-state index < -0.39 is 0 Å². The molecule has 2 nitrogen and oxygen atoms in total. The molecule has 0 heterocycles. The second-order valence-corrected chi connectivity index (χ2v) is 6.32. The number of aliphatic hydroxyl groups is 1. The number of hydrogen-bond acceptors (Lipinski definition) is 3. The zero-order valence-electron chi connectivity index (χ0n) is 9.67. The molecule has 15 heavy (non-hydrogen) atoms. The fourth-order valence-electron chi connectivity index (χ4n) is 2.88. The van der Waals surface area contributed by atoms with E-state index in [4.69, 9.17) is 0 Å². The average molecular weight is 229 g/mol. The van der Waals surface area contributed by atoms with Gasteiger partial charge in [-0.1, -0.05) is 12.8 Å². The lowest BCUT2D eigenvalue weighted by molar-refractivity contribution is 0.0450. The zero-order chi connectivity index (χ0) is 10.7. The van der Waals surface area contributed by atoms with Crippen LogP contribution in [0, 0.1) is 0 Å². The Hall–Kier alpha value is 0.270. The summed E-state index contributed by atoms with van der Waals surface area (Å²) in [5, 5.41) is 14.6. The first-order valence-electron chi connectivity index (χ1n) is 6.20. The van der Waals surface area contributed by atoms with Crippen LogP contribution in [0.25, 0.3) is 0 Å². The van der Waals surface area contributed by atoms with E-state index in [-0.39, 0.29) is 5.60 Å². The molecule has 2 atom stereocenters. The summed E-state index contributed by atoms with van der Waals surface area (Å²) in [7, 11) is 0. The van der Waals surface area contributed by atoms with Gasteiger partial charge in [-0.05, 0) is 38.4 Å². The van der Waals surface area contributed by atoms with Crippen LogP contribution in [0.2, 0.25) is 0 Å². The molecule has 0 bridgehead atoms. The van der Waals surface area contributed by atoms with Gasteiger partial charge in [-0.2, -0.15) is 11.8 Å². The van der Waals surface area contributed by atoms with Gasteiger partial charge < -0.3 is 10.4 Å². The SMILES string of the molecule is CSC1CCC(NCC2(O)CCCC2)C1. The molecule has 0 saturated heterocycles. The highest BCUT2D eigenvalue weighted by Crippen LogP contribution is 2.31. The minimum atomic E-state index is -0.378. The van der Waals surface area contributed by atoms with Gasteiger partial charge in [0.1, 0.15) is 0 Å². The maximum absolute atomic E-state index is 10.2. The normalized spacial score (nSPS) is 34.8. The van der Waals surface area contributed by atoms with Crippen LogP contribution < -0.4 is 5.32 Å². The molecule has 2 rings (SSSR count). The molecule has 0 radical (unpaired) electrons. The van der Waals surface area contributed by atoms with E-state index in [1.807, 2.05) is 11.8 Å². The molecule has 0 aromatic carbocycles. The summed E-state index contributed by atoms with van der Waals surface area (Å²) in [6.07, 6.45) is 10.5. The second kappa shape index (κ2) is 5.07. The molecule has 2 aliphatic carbocycles. The van der Waals surface area contributed by atoms with Crippen molar-refractivity contribution in [3.05, 3.63) is 0 Å². The van der Waals surface area contributed by atoms with Crippen LogP contribution in [0.4, 0.5) is 0 Å². The summed E-state index contributed by atoms with van der Waals surface area (Å²) in [5.41, 5.74) is -0.378. The van der Waals surface area contributed by atoms with Crippen molar-refractivity contribution in [2.24, 2.45) is 0 Å². The van der Waals surface area contributed by atoms with Gasteiger partial charge in [0, 0.05) is 17.8 Å². The molecule has 0 aromatic heterocycles. The molecule has 0 aromatic rings. The molecule has 0 spiro atoms. The number of nitrogens with one attached hydrogen (secondary N) is 1. The van der Waals surface area contributed by atoms with Crippen LogP contribution in [0.1, 0.15) is 44.9 Å². The Labute approximate surface area is 97.2 Å². The summed E-state index contributed by atoms with van der Waals surface area (Å²) in [6, 6.07) is 0.659. The molecule has 3 heteroatoms. The van der Waals surface area contributed by atoms with E-state index in [0.29, 0.717) is 6.04 Å². The Kier molecular flexibility index (Phi) is 3.97. The van der Waals surface area contributed by atoms with Crippen molar-refractivity contribution < 1.29 is 5.11 Å². The van der Waals surface area contributed by atoms with Crippen LogP contribution in [-0.2, 0) is 0 Å². The summed E-state index contributed by atoms with van der Waals surface area (Å²) >= 11 is 1.99. The van der Waals surface area contributed by atoms with Crippen LogP contribution in [0.5, 0.6) is 0 Å². The monoisotopic (exact) mass is 229 g/mol. The fraction of sp³-hybridized carbons (Fsp3) is 1.00. The highest BCUT2D eigenvalue weighted by molar-refractivity contribution is 7.99. The maximum Gasteiger partial charge on any atom is 0.0771 e. The van der Waals surface area contributed by atoms with E-state index in [1.165, 1.54) is 32.1 Å². The average Bonchev–Trinajstić information content (AvgIpc) is 2.84. The summed E-state index contributed by atoms with van der Waals surface area (Å²) in [6.45, 7) is 0.818. The molecule has 2 fully saturated rings. The molecule has 88 valence electrons. The van der Waals surface area contributed by atoms with Crippen molar-refractivity contribution >= 4 is 11.8 Å². The van der Waals surface area contributed by atoms with Crippen LogP contribution in [0.3, 0.4) is 0 Å². The summed E-state index contributed by atoms with van der Waals surface area (Å²) in [5.74, 6) is 0. The van der Waals surface area contributed by atoms with Gasteiger partial charge in [0.05, 0.1) is 5.60 Å². The third-order valence-electron chi connectivity index (χ3n) is 3.97.